The maximum absolute atomic E-state index is 11.7. The standard InChI is InChI=1S/C19H23NO2/c1-14-9-8-12-16(18(2,3)17(21)22)19(14,4)20-13-15-10-6-5-7-11-15/h5-13,16H,1-4H3,(H,21,22). The number of hydrogen-bond acceptors (Lipinski definition) is 2. The fourth-order valence-corrected chi connectivity index (χ4v) is 2.92. The molecule has 2 rings (SSSR count). The number of aliphatic imine (C=N–C) groups is 1. The lowest BCUT2D eigenvalue weighted by atomic mass is 9.64. The number of carboxylic acid groups (broad SMARTS) is 1. The first-order valence-corrected chi connectivity index (χ1v) is 7.47. The normalized spacial score (nSPS) is 25.3. The molecule has 1 aliphatic carbocycles. The molecular weight excluding hydrogens is 274 g/mol. The molecule has 1 aliphatic rings. The number of rotatable bonds is 4. The summed E-state index contributed by atoms with van der Waals surface area (Å²) in [7, 11) is 0. The van der Waals surface area contributed by atoms with Crippen LogP contribution >= 0.6 is 0 Å². The van der Waals surface area contributed by atoms with Crippen LogP contribution in [0.4, 0.5) is 0 Å². The summed E-state index contributed by atoms with van der Waals surface area (Å²) in [5.74, 6) is -1.01. The van der Waals surface area contributed by atoms with Gasteiger partial charge in [0.15, 0.2) is 0 Å². The molecular formula is C19H23NO2. The van der Waals surface area contributed by atoms with Crippen LogP contribution in [0.3, 0.4) is 0 Å². The van der Waals surface area contributed by atoms with Crippen molar-refractivity contribution in [3.05, 3.63) is 59.7 Å². The highest BCUT2D eigenvalue weighted by molar-refractivity contribution is 5.80. The summed E-state index contributed by atoms with van der Waals surface area (Å²) in [6.07, 6.45) is 7.74. The summed E-state index contributed by atoms with van der Waals surface area (Å²) < 4.78 is 0. The first kappa shape index (κ1) is 16.2. The molecule has 1 aromatic carbocycles. The van der Waals surface area contributed by atoms with E-state index in [4.69, 9.17) is 4.99 Å². The lowest BCUT2D eigenvalue weighted by Gasteiger charge is -2.42. The molecule has 0 aliphatic heterocycles. The van der Waals surface area contributed by atoms with Gasteiger partial charge in [-0.3, -0.25) is 9.79 Å². The van der Waals surface area contributed by atoms with E-state index in [-0.39, 0.29) is 5.92 Å². The molecule has 22 heavy (non-hydrogen) atoms. The Morgan fingerprint density at radius 3 is 2.55 bits per heavy atom. The molecule has 0 amide bonds. The van der Waals surface area contributed by atoms with Crippen molar-refractivity contribution >= 4 is 12.2 Å². The van der Waals surface area contributed by atoms with Gasteiger partial charge in [0.05, 0.1) is 11.0 Å². The third-order valence-electron chi connectivity index (χ3n) is 4.66. The summed E-state index contributed by atoms with van der Waals surface area (Å²) in [5, 5.41) is 9.59. The van der Waals surface area contributed by atoms with Crippen molar-refractivity contribution in [2.24, 2.45) is 16.3 Å². The van der Waals surface area contributed by atoms with Gasteiger partial charge in [0.2, 0.25) is 0 Å². The number of allylic oxidation sites excluding steroid dienone is 2. The summed E-state index contributed by atoms with van der Waals surface area (Å²) >= 11 is 0. The van der Waals surface area contributed by atoms with Gasteiger partial charge in [-0.1, -0.05) is 48.6 Å². The number of benzene rings is 1. The van der Waals surface area contributed by atoms with Gasteiger partial charge in [-0.2, -0.15) is 0 Å². The Morgan fingerprint density at radius 2 is 1.95 bits per heavy atom. The van der Waals surface area contributed by atoms with E-state index in [1.54, 1.807) is 13.8 Å². The first-order chi connectivity index (χ1) is 10.3. The summed E-state index contributed by atoms with van der Waals surface area (Å²) in [6, 6.07) is 9.87. The summed E-state index contributed by atoms with van der Waals surface area (Å²) in [5.41, 5.74) is 0.626. The largest absolute Gasteiger partial charge is 0.481 e. The topological polar surface area (TPSA) is 49.7 Å². The zero-order chi connectivity index (χ0) is 16.4. The van der Waals surface area contributed by atoms with E-state index in [0.717, 1.165) is 11.1 Å². The molecule has 0 aromatic heterocycles. The Balaban J connectivity index is 2.42. The molecule has 2 atom stereocenters. The quantitative estimate of drug-likeness (QED) is 0.850. The number of aliphatic carboxylic acids is 1. The van der Waals surface area contributed by atoms with Crippen molar-refractivity contribution in [3.8, 4) is 0 Å². The molecule has 0 spiro atoms. The monoisotopic (exact) mass is 297 g/mol. The fourth-order valence-electron chi connectivity index (χ4n) is 2.92. The highest BCUT2D eigenvalue weighted by Crippen LogP contribution is 2.44. The molecule has 0 heterocycles. The molecule has 0 fully saturated rings. The number of nitrogens with zero attached hydrogens (tertiary/aromatic N) is 1. The number of carboxylic acids is 1. The van der Waals surface area contributed by atoms with Crippen molar-refractivity contribution in [3.63, 3.8) is 0 Å². The van der Waals surface area contributed by atoms with Gasteiger partial charge in [-0.15, -0.1) is 0 Å². The van der Waals surface area contributed by atoms with Crippen LogP contribution in [0.25, 0.3) is 0 Å². The third kappa shape index (κ3) is 2.89. The van der Waals surface area contributed by atoms with E-state index < -0.39 is 16.9 Å². The summed E-state index contributed by atoms with van der Waals surface area (Å²) in [6.45, 7) is 7.55. The maximum atomic E-state index is 11.7. The van der Waals surface area contributed by atoms with E-state index in [1.165, 1.54) is 0 Å². The van der Waals surface area contributed by atoms with Gasteiger partial charge in [0.1, 0.15) is 0 Å². The lowest BCUT2D eigenvalue weighted by Crippen LogP contribution is -2.46. The summed E-state index contributed by atoms with van der Waals surface area (Å²) in [4.78, 5) is 16.5. The Bertz CT molecular complexity index is 641. The minimum absolute atomic E-state index is 0.206. The molecule has 1 aromatic rings. The van der Waals surface area contributed by atoms with E-state index in [0.29, 0.717) is 0 Å². The van der Waals surface area contributed by atoms with E-state index in [1.807, 2.05) is 68.6 Å². The van der Waals surface area contributed by atoms with Crippen molar-refractivity contribution < 1.29 is 9.90 Å². The average Bonchev–Trinajstić information content (AvgIpc) is 2.49. The number of carbonyl (C=O) groups is 1. The second-order valence-corrected chi connectivity index (χ2v) is 6.56. The van der Waals surface area contributed by atoms with E-state index >= 15 is 0 Å². The predicted octanol–water partition coefficient (Wildman–Crippen LogP) is 4.11. The molecule has 0 saturated heterocycles. The lowest BCUT2D eigenvalue weighted by molar-refractivity contribution is -0.150. The molecule has 1 N–H and O–H groups in total. The third-order valence-corrected chi connectivity index (χ3v) is 4.66. The molecule has 2 unspecified atom stereocenters. The zero-order valence-corrected chi connectivity index (χ0v) is 13.6. The molecule has 0 saturated carbocycles. The molecule has 3 heteroatoms. The minimum atomic E-state index is -0.894. The van der Waals surface area contributed by atoms with Crippen molar-refractivity contribution in [1.29, 1.82) is 0 Å². The Kier molecular flexibility index (Phi) is 4.36. The van der Waals surface area contributed by atoms with Gasteiger partial charge in [0.25, 0.3) is 0 Å². The van der Waals surface area contributed by atoms with Crippen molar-refractivity contribution in [2.75, 3.05) is 0 Å². The SMILES string of the molecule is CC1=CC=CC(C(C)(C)C(=O)O)C1(C)N=Cc1ccccc1. The van der Waals surface area contributed by atoms with Gasteiger partial charge < -0.3 is 5.11 Å². The average molecular weight is 297 g/mol. The second-order valence-electron chi connectivity index (χ2n) is 6.56. The maximum Gasteiger partial charge on any atom is 0.309 e. The highest BCUT2D eigenvalue weighted by Gasteiger charge is 2.48. The van der Waals surface area contributed by atoms with Crippen LogP contribution < -0.4 is 0 Å². The van der Waals surface area contributed by atoms with Crippen LogP contribution in [0.15, 0.2) is 59.1 Å². The van der Waals surface area contributed by atoms with E-state index in [9.17, 15) is 9.90 Å². The predicted molar refractivity (Wildman–Crippen MR) is 90.2 cm³/mol. The van der Waals surface area contributed by atoms with Crippen LogP contribution in [-0.4, -0.2) is 22.8 Å². The van der Waals surface area contributed by atoms with Crippen molar-refractivity contribution in [2.45, 2.75) is 33.2 Å². The van der Waals surface area contributed by atoms with Crippen LogP contribution in [0.5, 0.6) is 0 Å². The Labute approximate surface area is 132 Å². The molecule has 3 nitrogen and oxygen atoms in total. The second kappa shape index (κ2) is 5.91. The van der Waals surface area contributed by atoms with Crippen molar-refractivity contribution in [1.82, 2.24) is 0 Å². The van der Waals surface area contributed by atoms with Crippen LogP contribution in [0.2, 0.25) is 0 Å². The Morgan fingerprint density at radius 1 is 1.32 bits per heavy atom. The fraction of sp³-hybridized carbons (Fsp3) is 0.368. The number of hydrogen-bond donors (Lipinski definition) is 1. The first-order valence-electron chi connectivity index (χ1n) is 7.47. The molecule has 0 radical (unpaired) electrons. The van der Waals surface area contributed by atoms with E-state index in [2.05, 4.69) is 0 Å². The van der Waals surface area contributed by atoms with Gasteiger partial charge >= 0.3 is 5.97 Å². The highest BCUT2D eigenvalue weighted by atomic mass is 16.4. The zero-order valence-electron chi connectivity index (χ0n) is 13.6. The minimum Gasteiger partial charge on any atom is -0.481 e. The van der Waals surface area contributed by atoms with Crippen LogP contribution in [0, 0.1) is 11.3 Å². The smallest absolute Gasteiger partial charge is 0.309 e. The van der Waals surface area contributed by atoms with Gasteiger partial charge in [-0.05, 0) is 38.8 Å². The Hall–Kier alpha value is -2.16. The molecule has 0 bridgehead atoms. The van der Waals surface area contributed by atoms with Crippen LogP contribution in [0.1, 0.15) is 33.3 Å². The van der Waals surface area contributed by atoms with Gasteiger partial charge in [-0.25, -0.2) is 0 Å². The van der Waals surface area contributed by atoms with Gasteiger partial charge in [0, 0.05) is 12.1 Å². The molecule has 116 valence electrons. The van der Waals surface area contributed by atoms with Crippen LogP contribution in [-0.2, 0) is 4.79 Å².